The van der Waals surface area contributed by atoms with E-state index >= 15 is 0 Å². The average molecular weight is 235 g/mol. The normalized spacial score (nSPS) is 10.2. The highest BCUT2D eigenvalue weighted by Crippen LogP contribution is 2.29. The minimum Gasteiger partial charge on any atom is -0.496 e. The summed E-state index contributed by atoms with van der Waals surface area (Å²) in [5, 5.41) is 0.246. The summed E-state index contributed by atoms with van der Waals surface area (Å²) in [5.41, 5.74) is 3.02. The lowest BCUT2D eigenvalue weighted by Crippen LogP contribution is -1.90. The van der Waals surface area contributed by atoms with Gasteiger partial charge < -0.3 is 4.74 Å². The van der Waals surface area contributed by atoms with Crippen LogP contribution in [0.2, 0.25) is 5.28 Å². The second kappa shape index (κ2) is 4.49. The van der Waals surface area contributed by atoms with Crippen LogP contribution >= 0.6 is 11.6 Å². The van der Waals surface area contributed by atoms with Gasteiger partial charge in [-0.2, -0.15) is 0 Å². The number of halogens is 1. The maximum Gasteiger partial charge on any atom is 0.222 e. The highest BCUT2D eigenvalue weighted by molar-refractivity contribution is 6.28. The van der Waals surface area contributed by atoms with Crippen LogP contribution in [-0.2, 0) is 0 Å². The van der Waals surface area contributed by atoms with E-state index in [4.69, 9.17) is 16.3 Å². The van der Waals surface area contributed by atoms with Gasteiger partial charge in [0.05, 0.1) is 7.11 Å². The Kier molecular flexibility index (Phi) is 3.06. The molecule has 3 nitrogen and oxygen atoms in total. The van der Waals surface area contributed by atoms with Crippen LogP contribution in [0.3, 0.4) is 0 Å². The molecule has 0 saturated carbocycles. The third-order valence-corrected chi connectivity index (χ3v) is 2.48. The second-order valence-electron chi connectivity index (χ2n) is 3.44. The van der Waals surface area contributed by atoms with Gasteiger partial charge in [-0.3, -0.25) is 0 Å². The molecular weight excluding hydrogens is 224 g/mol. The van der Waals surface area contributed by atoms with Crippen LogP contribution in [-0.4, -0.2) is 17.1 Å². The monoisotopic (exact) mass is 234 g/mol. The Bertz CT molecular complexity index is 497. The molecular formula is C12H11ClN2O. The quantitative estimate of drug-likeness (QED) is 0.749. The predicted molar refractivity (Wildman–Crippen MR) is 63.8 cm³/mol. The van der Waals surface area contributed by atoms with E-state index in [0.29, 0.717) is 0 Å². The maximum absolute atomic E-state index is 5.65. The number of methoxy groups -OCH3 is 1. The van der Waals surface area contributed by atoms with Crippen LogP contribution in [0, 0.1) is 6.92 Å². The van der Waals surface area contributed by atoms with E-state index in [-0.39, 0.29) is 5.28 Å². The van der Waals surface area contributed by atoms with E-state index in [1.807, 2.05) is 25.1 Å². The van der Waals surface area contributed by atoms with Crippen molar-refractivity contribution >= 4 is 11.6 Å². The van der Waals surface area contributed by atoms with Gasteiger partial charge in [0.1, 0.15) is 5.75 Å². The van der Waals surface area contributed by atoms with Crippen molar-refractivity contribution in [3.05, 3.63) is 41.4 Å². The summed E-state index contributed by atoms with van der Waals surface area (Å²) in [6, 6.07) is 5.96. The van der Waals surface area contributed by atoms with Gasteiger partial charge in [0.25, 0.3) is 0 Å². The molecule has 2 aromatic rings. The Morgan fingerprint density at radius 2 is 1.88 bits per heavy atom. The standard InChI is InChI=1S/C12H11ClN2O/c1-8-3-4-11(16-2)10(5-8)9-6-14-12(13)15-7-9/h3-7H,1-2H3. The molecule has 1 heterocycles. The molecule has 0 bridgehead atoms. The van der Waals surface area contributed by atoms with Crippen LogP contribution in [0.5, 0.6) is 5.75 Å². The first kappa shape index (κ1) is 10.9. The van der Waals surface area contributed by atoms with Crippen molar-refractivity contribution in [2.75, 3.05) is 7.11 Å². The van der Waals surface area contributed by atoms with Gasteiger partial charge >= 0.3 is 0 Å². The fourth-order valence-corrected chi connectivity index (χ4v) is 1.60. The summed E-state index contributed by atoms with van der Waals surface area (Å²) >= 11 is 5.65. The summed E-state index contributed by atoms with van der Waals surface area (Å²) in [7, 11) is 1.64. The van der Waals surface area contributed by atoms with E-state index in [2.05, 4.69) is 9.97 Å². The highest BCUT2D eigenvalue weighted by atomic mass is 35.5. The lowest BCUT2D eigenvalue weighted by Gasteiger charge is -2.08. The molecule has 0 radical (unpaired) electrons. The lowest BCUT2D eigenvalue weighted by molar-refractivity contribution is 0.416. The first-order valence-corrected chi connectivity index (χ1v) is 5.21. The van der Waals surface area contributed by atoms with Crippen LogP contribution < -0.4 is 4.74 Å². The van der Waals surface area contributed by atoms with E-state index < -0.39 is 0 Å². The number of benzene rings is 1. The molecule has 1 aromatic carbocycles. The Balaban J connectivity index is 2.53. The molecule has 0 unspecified atom stereocenters. The van der Waals surface area contributed by atoms with Crippen LogP contribution in [0.15, 0.2) is 30.6 Å². The average Bonchev–Trinajstić information content (AvgIpc) is 2.30. The van der Waals surface area contributed by atoms with Crippen molar-refractivity contribution in [3.8, 4) is 16.9 Å². The van der Waals surface area contributed by atoms with Gasteiger partial charge in [-0.25, -0.2) is 9.97 Å². The largest absolute Gasteiger partial charge is 0.496 e. The van der Waals surface area contributed by atoms with Crippen LogP contribution in [0.4, 0.5) is 0 Å². The molecule has 0 aliphatic rings. The number of aryl methyl sites for hydroxylation is 1. The summed E-state index contributed by atoms with van der Waals surface area (Å²) in [6.07, 6.45) is 3.37. The highest BCUT2D eigenvalue weighted by Gasteiger charge is 2.06. The lowest BCUT2D eigenvalue weighted by atomic mass is 10.1. The maximum atomic E-state index is 5.65. The molecule has 0 N–H and O–H groups in total. The van der Waals surface area contributed by atoms with Gasteiger partial charge in [0.15, 0.2) is 0 Å². The summed E-state index contributed by atoms with van der Waals surface area (Å²) in [4.78, 5) is 7.92. The number of hydrogen-bond donors (Lipinski definition) is 0. The first-order valence-electron chi connectivity index (χ1n) is 4.83. The molecule has 16 heavy (non-hydrogen) atoms. The number of aromatic nitrogens is 2. The zero-order valence-corrected chi connectivity index (χ0v) is 9.82. The van der Waals surface area contributed by atoms with Crippen molar-refractivity contribution in [1.82, 2.24) is 9.97 Å². The van der Waals surface area contributed by atoms with Crippen molar-refractivity contribution in [2.45, 2.75) is 6.92 Å². The number of nitrogens with zero attached hydrogens (tertiary/aromatic N) is 2. The van der Waals surface area contributed by atoms with E-state index in [1.165, 1.54) is 0 Å². The second-order valence-corrected chi connectivity index (χ2v) is 3.78. The Morgan fingerprint density at radius 1 is 1.19 bits per heavy atom. The predicted octanol–water partition coefficient (Wildman–Crippen LogP) is 3.11. The molecule has 0 amide bonds. The smallest absolute Gasteiger partial charge is 0.222 e. The Labute approximate surface area is 99.1 Å². The van der Waals surface area contributed by atoms with E-state index in [1.54, 1.807) is 19.5 Å². The molecule has 1 aromatic heterocycles. The molecule has 0 aliphatic carbocycles. The van der Waals surface area contributed by atoms with Crippen molar-refractivity contribution < 1.29 is 4.74 Å². The van der Waals surface area contributed by atoms with Crippen LogP contribution in [0.1, 0.15) is 5.56 Å². The Morgan fingerprint density at radius 3 is 2.50 bits per heavy atom. The molecule has 82 valence electrons. The molecule has 2 rings (SSSR count). The molecule has 0 spiro atoms. The minimum atomic E-state index is 0.246. The van der Waals surface area contributed by atoms with Gasteiger partial charge in [-0.1, -0.05) is 11.6 Å². The molecule has 0 atom stereocenters. The fourth-order valence-electron chi connectivity index (χ4n) is 1.50. The SMILES string of the molecule is COc1ccc(C)cc1-c1cnc(Cl)nc1. The summed E-state index contributed by atoms with van der Waals surface area (Å²) in [5.74, 6) is 0.802. The van der Waals surface area contributed by atoms with Gasteiger partial charge in [0, 0.05) is 23.5 Å². The Hall–Kier alpha value is -1.61. The van der Waals surface area contributed by atoms with Crippen molar-refractivity contribution in [2.24, 2.45) is 0 Å². The first-order chi connectivity index (χ1) is 7.70. The third-order valence-electron chi connectivity index (χ3n) is 2.29. The van der Waals surface area contributed by atoms with Gasteiger partial charge in [-0.15, -0.1) is 0 Å². The summed E-state index contributed by atoms with van der Waals surface area (Å²) in [6.45, 7) is 2.03. The summed E-state index contributed by atoms with van der Waals surface area (Å²) < 4.78 is 5.30. The van der Waals surface area contributed by atoms with E-state index in [0.717, 1.165) is 22.4 Å². The van der Waals surface area contributed by atoms with Crippen LogP contribution in [0.25, 0.3) is 11.1 Å². The van der Waals surface area contributed by atoms with E-state index in [9.17, 15) is 0 Å². The number of rotatable bonds is 2. The molecule has 0 fully saturated rings. The topological polar surface area (TPSA) is 35.0 Å². The molecule has 4 heteroatoms. The van der Waals surface area contributed by atoms with Gasteiger partial charge in [-0.05, 0) is 30.7 Å². The molecule has 0 saturated heterocycles. The minimum absolute atomic E-state index is 0.246. The van der Waals surface area contributed by atoms with Gasteiger partial charge in [0.2, 0.25) is 5.28 Å². The molecule has 0 aliphatic heterocycles. The zero-order valence-electron chi connectivity index (χ0n) is 9.07. The number of ether oxygens (including phenoxy) is 1. The zero-order chi connectivity index (χ0) is 11.5. The third kappa shape index (κ3) is 2.14. The number of hydrogen-bond acceptors (Lipinski definition) is 3. The van der Waals surface area contributed by atoms with Crippen molar-refractivity contribution in [3.63, 3.8) is 0 Å². The fraction of sp³-hybridized carbons (Fsp3) is 0.167. The van der Waals surface area contributed by atoms with Crippen molar-refractivity contribution in [1.29, 1.82) is 0 Å².